The van der Waals surface area contributed by atoms with Gasteiger partial charge < -0.3 is 30.3 Å². The third-order valence-corrected chi connectivity index (χ3v) is 6.10. The molecule has 0 spiro atoms. The molecule has 40 heavy (non-hydrogen) atoms. The Hall–Kier alpha value is -4.55. The molecule has 0 radical (unpaired) electrons. The van der Waals surface area contributed by atoms with Gasteiger partial charge in [0.2, 0.25) is 11.8 Å². The fourth-order valence-corrected chi connectivity index (χ4v) is 4.08. The number of carbonyl (C=O) groups is 5. The first kappa shape index (κ1) is 30.0. The minimum Gasteiger partial charge on any atom is -0.481 e. The first-order valence-corrected chi connectivity index (χ1v) is 13.2. The number of carboxylic acid groups (broad SMARTS) is 1. The van der Waals surface area contributed by atoms with E-state index < -0.39 is 29.9 Å². The molecule has 4 amide bonds. The zero-order valence-electron chi connectivity index (χ0n) is 22.6. The fourth-order valence-electron chi connectivity index (χ4n) is 4.08. The van der Waals surface area contributed by atoms with Gasteiger partial charge in [-0.3, -0.25) is 19.2 Å². The van der Waals surface area contributed by atoms with E-state index in [1.165, 1.54) is 15.9 Å². The van der Waals surface area contributed by atoms with Gasteiger partial charge >= 0.3 is 12.1 Å². The Morgan fingerprint density at radius 3 is 2.27 bits per heavy atom. The summed E-state index contributed by atoms with van der Waals surface area (Å²) < 4.78 is 5.00. The van der Waals surface area contributed by atoms with Crippen LogP contribution in [-0.2, 0) is 19.1 Å². The SMILES string of the molecule is CCCC(=O)Nc1cc(C(=O)NC(CCC(=O)O)C(=O)N2CCN(C(=O)OCC)CC2)nc(-c2ccccc2)n1. The van der Waals surface area contributed by atoms with E-state index >= 15 is 0 Å². The van der Waals surface area contributed by atoms with Gasteiger partial charge in [0.15, 0.2) is 5.82 Å². The average molecular weight is 555 g/mol. The molecule has 1 fully saturated rings. The summed E-state index contributed by atoms with van der Waals surface area (Å²) in [5.41, 5.74) is 0.516. The molecule has 0 bridgehead atoms. The van der Waals surface area contributed by atoms with Gasteiger partial charge in [-0.25, -0.2) is 14.8 Å². The molecular formula is C27H34N6O7. The smallest absolute Gasteiger partial charge is 0.409 e. The number of aliphatic carboxylic acids is 1. The van der Waals surface area contributed by atoms with Crippen molar-refractivity contribution >= 4 is 35.6 Å². The third kappa shape index (κ3) is 8.48. The zero-order chi connectivity index (χ0) is 29.1. The zero-order valence-corrected chi connectivity index (χ0v) is 22.6. The average Bonchev–Trinajstić information content (AvgIpc) is 2.95. The molecule has 1 aromatic carbocycles. The molecule has 13 nitrogen and oxygen atoms in total. The number of rotatable bonds is 11. The lowest BCUT2D eigenvalue weighted by atomic mass is 10.1. The monoisotopic (exact) mass is 554 g/mol. The Morgan fingerprint density at radius 1 is 0.975 bits per heavy atom. The second kappa shape index (κ2) is 14.6. The molecule has 2 heterocycles. The minimum atomic E-state index is -1.15. The van der Waals surface area contributed by atoms with Crippen LogP contribution in [0.25, 0.3) is 11.4 Å². The molecule has 1 saturated heterocycles. The van der Waals surface area contributed by atoms with E-state index in [-0.39, 0.29) is 75.3 Å². The third-order valence-electron chi connectivity index (χ3n) is 6.10. The number of hydrogen-bond donors (Lipinski definition) is 3. The lowest BCUT2D eigenvalue weighted by Crippen LogP contribution is -2.56. The maximum Gasteiger partial charge on any atom is 0.409 e. The molecule has 3 N–H and O–H groups in total. The van der Waals surface area contributed by atoms with Crippen LogP contribution >= 0.6 is 0 Å². The highest BCUT2D eigenvalue weighted by Gasteiger charge is 2.31. The highest BCUT2D eigenvalue weighted by atomic mass is 16.6. The second-order valence-corrected chi connectivity index (χ2v) is 9.10. The van der Waals surface area contributed by atoms with Crippen molar-refractivity contribution < 1.29 is 33.8 Å². The Morgan fingerprint density at radius 2 is 1.65 bits per heavy atom. The van der Waals surface area contributed by atoms with Gasteiger partial charge in [0.1, 0.15) is 17.6 Å². The van der Waals surface area contributed by atoms with Crippen LogP contribution in [0, 0.1) is 0 Å². The number of aromatic nitrogens is 2. The summed E-state index contributed by atoms with van der Waals surface area (Å²) >= 11 is 0. The number of carboxylic acids is 1. The number of piperazine rings is 1. The van der Waals surface area contributed by atoms with Crippen LogP contribution < -0.4 is 10.6 Å². The molecule has 214 valence electrons. The summed E-state index contributed by atoms with van der Waals surface area (Å²) in [5, 5.41) is 14.5. The molecule has 1 unspecified atom stereocenters. The minimum absolute atomic E-state index is 0.0964. The lowest BCUT2D eigenvalue weighted by molar-refractivity contribution is -0.138. The topological polar surface area (TPSA) is 171 Å². The molecular weight excluding hydrogens is 520 g/mol. The van der Waals surface area contributed by atoms with E-state index in [4.69, 9.17) is 4.74 Å². The number of benzene rings is 1. The largest absolute Gasteiger partial charge is 0.481 e. The number of carbonyl (C=O) groups excluding carboxylic acids is 4. The Balaban J connectivity index is 1.81. The normalized spacial score (nSPS) is 13.8. The molecule has 1 aromatic heterocycles. The van der Waals surface area contributed by atoms with Gasteiger partial charge in [0, 0.05) is 50.7 Å². The number of nitrogens with zero attached hydrogens (tertiary/aromatic N) is 4. The van der Waals surface area contributed by atoms with Gasteiger partial charge in [-0.1, -0.05) is 37.3 Å². The quantitative estimate of drug-likeness (QED) is 0.376. The van der Waals surface area contributed by atoms with Gasteiger partial charge in [-0.15, -0.1) is 0 Å². The van der Waals surface area contributed by atoms with Crippen LogP contribution in [0.15, 0.2) is 36.4 Å². The number of ether oxygens (including phenoxy) is 1. The van der Waals surface area contributed by atoms with Crippen molar-refractivity contribution in [3.63, 3.8) is 0 Å². The standard InChI is InChI=1S/C27H34N6O7/c1-3-8-22(34)30-21-17-20(28-24(31-21)18-9-6-5-7-10-18)25(37)29-19(11-12-23(35)36)26(38)32-13-15-33(16-14-32)27(39)40-4-2/h5-7,9-10,17,19H,3-4,8,11-16H2,1-2H3,(H,29,37)(H,35,36)(H,28,30,31,34). The van der Waals surface area contributed by atoms with E-state index in [1.807, 2.05) is 13.0 Å². The number of hydrogen-bond acceptors (Lipinski definition) is 8. The van der Waals surface area contributed by atoms with Crippen molar-refractivity contribution in [1.29, 1.82) is 0 Å². The van der Waals surface area contributed by atoms with Gasteiger partial charge in [0.05, 0.1) is 6.61 Å². The molecule has 13 heteroatoms. The van der Waals surface area contributed by atoms with Crippen molar-refractivity contribution in [2.75, 3.05) is 38.1 Å². The van der Waals surface area contributed by atoms with Crippen LogP contribution in [0.5, 0.6) is 0 Å². The summed E-state index contributed by atoms with van der Waals surface area (Å²) in [5.74, 6) is -2.26. The van der Waals surface area contributed by atoms with E-state index in [0.717, 1.165) is 0 Å². The van der Waals surface area contributed by atoms with Gasteiger partial charge in [-0.2, -0.15) is 0 Å². The van der Waals surface area contributed by atoms with Gasteiger partial charge in [-0.05, 0) is 19.8 Å². The first-order valence-electron chi connectivity index (χ1n) is 13.2. The van der Waals surface area contributed by atoms with E-state index in [0.29, 0.717) is 12.0 Å². The van der Waals surface area contributed by atoms with Crippen molar-refractivity contribution in [3.8, 4) is 11.4 Å². The molecule has 3 rings (SSSR count). The van der Waals surface area contributed by atoms with Crippen LogP contribution in [-0.4, -0.2) is 93.5 Å². The summed E-state index contributed by atoms with van der Waals surface area (Å²) in [6.07, 6.45) is -0.0744. The molecule has 0 saturated carbocycles. The van der Waals surface area contributed by atoms with E-state index in [1.54, 1.807) is 31.2 Å². The summed E-state index contributed by atoms with van der Waals surface area (Å²) in [7, 11) is 0. The molecule has 1 aliphatic heterocycles. The molecule has 1 atom stereocenters. The van der Waals surface area contributed by atoms with Gasteiger partial charge in [0.25, 0.3) is 5.91 Å². The predicted molar refractivity (Wildman–Crippen MR) is 144 cm³/mol. The van der Waals surface area contributed by atoms with Crippen LogP contribution in [0.1, 0.15) is 50.0 Å². The summed E-state index contributed by atoms with van der Waals surface area (Å²) in [4.78, 5) is 73.9. The number of amides is 4. The van der Waals surface area contributed by atoms with Crippen molar-refractivity contribution in [3.05, 3.63) is 42.1 Å². The van der Waals surface area contributed by atoms with Crippen LogP contribution in [0.4, 0.5) is 10.6 Å². The van der Waals surface area contributed by atoms with E-state index in [2.05, 4.69) is 20.6 Å². The second-order valence-electron chi connectivity index (χ2n) is 9.10. The molecule has 1 aliphatic rings. The van der Waals surface area contributed by atoms with E-state index in [9.17, 15) is 29.1 Å². The van der Waals surface area contributed by atoms with Crippen LogP contribution in [0.3, 0.4) is 0 Å². The number of nitrogens with one attached hydrogen (secondary N) is 2. The lowest BCUT2D eigenvalue weighted by Gasteiger charge is -2.35. The highest BCUT2D eigenvalue weighted by Crippen LogP contribution is 2.19. The Labute approximate surface area is 231 Å². The maximum atomic E-state index is 13.3. The summed E-state index contributed by atoms with van der Waals surface area (Å²) in [6.45, 7) is 4.70. The van der Waals surface area contributed by atoms with Crippen LogP contribution in [0.2, 0.25) is 0 Å². The van der Waals surface area contributed by atoms with Crippen molar-refractivity contribution in [2.45, 2.75) is 45.6 Å². The predicted octanol–water partition coefficient (Wildman–Crippen LogP) is 2.15. The number of anilines is 1. The molecule has 2 aromatic rings. The Kier molecular flexibility index (Phi) is 10.9. The van der Waals surface area contributed by atoms with Crippen molar-refractivity contribution in [2.24, 2.45) is 0 Å². The van der Waals surface area contributed by atoms with Crippen molar-refractivity contribution in [1.82, 2.24) is 25.1 Å². The highest BCUT2D eigenvalue weighted by molar-refractivity contribution is 5.98. The Bertz CT molecular complexity index is 1220. The molecule has 0 aliphatic carbocycles. The first-order chi connectivity index (χ1) is 19.2. The summed E-state index contributed by atoms with van der Waals surface area (Å²) in [6, 6.07) is 9.05. The fraction of sp³-hybridized carbons (Fsp3) is 0.444. The maximum absolute atomic E-state index is 13.3.